The third kappa shape index (κ3) is 24.7. The van der Waals surface area contributed by atoms with Gasteiger partial charge in [0.25, 0.3) is 0 Å². The van der Waals surface area contributed by atoms with Crippen molar-refractivity contribution in [2.75, 3.05) is 26.3 Å². The second kappa shape index (κ2) is 27.0. The summed E-state index contributed by atoms with van der Waals surface area (Å²) in [6.07, 6.45) is 3.05. The fraction of sp³-hybridized carbons (Fsp3) is 0.300. The quantitative estimate of drug-likeness (QED) is 0.115. The van der Waals surface area contributed by atoms with Crippen LogP contribution in [0.3, 0.4) is 0 Å². The molecule has 0 amide bonds. The number of benzene rings is 2. The average molecular weight is 763 g/mol. The van der Waals surface area contributed by atoms with Gasteiger partial charge in [-0.1, -0.05) is 35.8 Å². The van der Waals surface area contributed by atoms with Crippen LogP contribution in [0.2, 0.25) is 0 Å². The van der Waals surface area contributed by atoms with Crippen LogP contribution in [0.15, 0.2) is 46.4 Å². The molecule has 0 heterocycles. The average Bonchev–Trinajstić information content (AvgIpc) is 2.80. The molecular formula is C20H22CuN5O13Tb. The molecule has 0 aliphatic heterocycles. The van der Waals surface area contributed by atoms with E-state index in [2.05, 4.69) is 9.98 Å². The van der Waals surface area contributed by atoms with E-state index in [0.29, 0.717) is 48.9 Å². The number of nitrogens with zero attached hydrogens (tertiary/aromatic N) is 5. The van der Waals surface area contributed by atoms with E-state index < -0.39 is 15.3 Å². The Morgan fingerprint density at radius 1 is 0.675 bits per heavy atom. The molecule has 0 spiro atoms. The monoisotopic (exact) mass is 762 g/mol. The van der Waals surface area contributed by atoms with E-state index in [-0.39, 0.29) is 67.2 Å². The van der Waals surface area contributed by atoms with Crippen LogP contribution in [-0.2, 0) is 17.1 Å². The van der Waals surface area contributed by atoms with E-state index in [1.165, 1.54) is 12.4 Å². The normalized spacial score (nSPS) is 9.15. The molecule has 2 rings (SSSR count). The van der Waals surface area contributed by atoms with Crippen LogP contribution >= 0.6 is 0 Å². The minimum Gasteiger partial charge on any atom is -0.870 e. The largest absolute Gasteiger partial charge is 3.00 e. The number of rotatable bonds is 9. The van der Waals surface area contributed by atoms with Gasteiger partial charge in [0, 0.05) is 12.4 Å². The summed E-state index contributed by atoms with van der Waals surface area (Å²) < 4.78 is 10.5. The standard InChI is InChI=1S/C20H24N2O4.Cu.3NO3.Tb/c1-3-25-17-9-5-7-15(19(17)23)13-21-11-12-22-14-16-8-6-10-18(20(16)24)26-4-2;;3*2-1(3)4;/h5-10,13-14,23-24H,3-4,11-12H2,1-2H3;;;;;/q;+2;3*-1;+3/p-2. The van der Waals surface area contributed by atoms with E-state index in [0.717, 1.165) is 0 Å². The third-order valence-corrected chi connectivity index (χ3v) is 3.44. The molecule has 0 unspecified atom stereocenters. The van der Waals surface area contributed by atoms with Crippen LogP contribution in [0.4, 0.5) is 0 Å². The number of ether oxygens (including phenoxy) is 2. The van der Waals surface area contributed by atoms with Crippen molar-refractivity contribution in [2.45, 2.75) is 13.8 Å². The van der Waals surface area contributed by atoms with Crippen LogP contribution in [0.25, 0.3) is 0 Å². The second-order valence-electron chi connectivity index (χ2n) is 5.96. The first kappa shape index (κ1) is 43.4. The fourth-order valence-electron chi connectivity index (χ4n) is 2.25. The van der Waals surface area contributed by atoms with E-state index in [1.54, 1.807) is 36.4 Å². The summed E-state index contributed by atoms with van der Waals surface area (Å²) in [4.78, 5) is 33.2. The minimum absolute atomic E-state index is 0. The van der Waals surface area contributed by atoms with Crippen molar-refractivity contribution in [2.24, 2.45) is 9.98 Å². The predicted molar refractivity (Wildman–Crippen MR) is 130 cm³/mol. The topological polar surface area (TPSA) is 288 Å². The van der Waals surface area contributed by atoms with Gasteiger partial charge in [-0.25, -0.2) is 0 Å². The van der Waals surface area contributed by atoms with Crippen molar-refractivity contribution >= 4 is 12.4 Å². The first-order chi connectivity index (χ1) is 17.9. The van der Waals surface area contributed by atoms with Crippen molar-refractivity contribution in [1.82, 2.24) is 0 Å². The van der Waals surface area contributed by atoms with E-state index in [1.807, 2.05) is 13.8 Å². The molecule has 0 bridgehead atoms. The fourth-order valence-corrected chi connectivity index (χ4v) is 2.25. The van der Waals surface area contributed by atoms with Crippen molar-refractivity contribution in [3.63, 3.8) is 0 Å². The van der Waals surface area contributed by atoms with Gasteiger partial charge in [-0.05, 0) is 37.1 Å². The van der Waals surface area contributed by atoms with Crippen molar-refractivity contribution in [3.8, 4) is 23.0 Å². The molecule has 40 heavy (non-hydrogen) atoms. The summed E-state index contributed by atoms with van der Waals surface area (Å²) in [6.45, 7) is 5.36. The maximum Gasteiger partial charge on any atom is 3.00 e. The molecule has 0 saturated carbocycles. The van der Waals surface area contributed by atoms with Gasteiger partial charge in [0.15, 0.2) is 0 Å². The Bertz CT molecular complexity index is 971. The molecule has 18 nitrogen and oxygen atoms in total. The van der Waals surface area contributed by atoms with Crippen LogP contribution in [0.1, 0.15) is 25.0 Å². The molecule has 2 aromatic rings. The summed E-state index contributed by atoms with van der Waals surface area (Å²) in [5.41, 5.74) is 0.956. The van der Waals surface area contributed by atoms with Gasteiger partial charge in [-0.2, -0.15) is 0 Å². The Balaban J connectivity index is -0.000000392. The molecule has 0 N–H and O–H groups in total. The van der Waals surface area contributed by atoms with Crippen molar-refractivity contribution in [1.29, 1.82) is 0 Å². The van der Waals surface area contributed by atoms with Crippen molar-refractivity contribution in [3.05, 3.63) is 93.5 Å². The van der Waals surface area contributed by atoms with Gasteiger partial charge in [-0.3, -0.25) is 9.98 Å². The molecular weight excluding hydrogens is 741 g/mol. The first-order valence-corrected chi connectivity index (χ1v) is 10.2. The molecule has 0 fully saturated rings. The Morgan fingerprint density at radius 2 is 0.950 bits per heavy atom. The van der Waals surface area contributed by atoms with Gasteiger partial charge in [0.2, 0.25) is 0 Å². The van der Waals surface area contributed by atoms with Crippen LogP contribution in [0, 0.1) is 84.6 Å². The Labute approximate surface area is 268 Å². The van der Waals surface area contributed by atoms with E-state index >= 15 is 0 Å². The van der Waals surface area contributed by atoms with Gasteiger partial charge in [-0.15, -0.1) is 0 Å². The zero-order chi connectivity index (χ0) is 29.5. The van der Waals surface area contributed by atoms with E-state index in [9.17, 15) is 10.2 Å². The third-order valence-electron chi connectivity index (χ3n) is 3.44. The Hall–Kier alpha value is -3.61. The van der Waals surface area contributed by atoms with Gasteiger partial charge in [0.05, 0.1) is 41.6 Å². The molecule has 0 saturated heterocycles. The molecule has 0 atom stereocenters. The molecule has 1 radical (unpaired) electrons. The minimum atomic E-state index is -1.75. The van der Waals surface area contributed by atoms with E-state index in [4.69, 9.17) is 55.4 Å². The number of hydrogen-bond donors (Lipinski definition) is 0. The van der Waals surface area contributed by atoms with Crippen LogP contribution in [-0.4, -0.2) is 54.0 Å². The summed E-state index contributed by atoms with van der Waals surface area (Å²) in [6, 6.07) is 10.2. The van der Waals surface area contributed by atoms with Gasteiger partial charge < -0.3 is 65.7 Å². The summed E-state index contributed by atoms with van der Waals surface area (Å²) in [5.74, 6) is 0.300. The number of hydrogen-bond acceptors (Lipinski definition) is 15. The number of para-hydroxylation sites is 2. The molecule has 20 heteroatoms. The maximum atomic E-state index is 12.1. The number of aliphatic imine (C=N–C) groups is 2. The Kier molecular flexibility index (Phi) is 29.3. The molecule has 0 aromatic heterocycles. The smallest absolute Gasteiger partial charge is 0.870 e. The SMILES string of the molecule is CCOc1cccc(C=NCCN=Cc2cccc(OCC)c2[O-])c1[O-].O=[N+]([O-])[O-].O=[N+]([O-])[O-].O=[N+]([O-])[O-].[Cu+2].[Tb+3]. The summed E-state index contributed by atoms with van der Waals surface area (Å²) in [7, 11) is 0. The molecule has 2 aromatic carbocycles. The summed E-state index contributed by atoms with van der Waals surface area (Å²) in [5, 5.41) is 68.4. The van der Waals surface area contributed by atoms with Crippen molar-refractivity contribution < 1.29 is 90.6 Å². The molecule has 0 aliphatic rings. The maximum absolute atomic E-state index is 12.1. The van der Waals surface area contributed by atoms with Gasteiger partial charge in [0.1, 0.15) is 11.5 Å². The van der Waals surface area contributed by atoms with Crippen LogP contribution < -0.4 is 19.7 Å². The predicted octanol–water partition coefficient (Wildman–Crippen LogP) is 1.45. The second-order valence-corrected chi connectivity index (χ2v) is 5.96. The summed E-state index contributed by atoms with van der Waals surface area (Å²) >= 11 is 0. The Morgan fingerprint density at radius 3 is 1.20 bits per heavy atom. The van der Waals surface area contributed by atoms with Crippen LogP contribution in [0.5, 0.6) is 23.0 Å². The zero-order valence-electron chi connectivity index (χ0n) is 20.6. The molecule has 225 valence electrons. The zero-order valence-corrected chi connectivity index (χ0v) is 23.7. The first-order valence-electron chi connectivity index (χ1n) is 10.2. The molecule has 0 aliphatic carbocycles. The van der Waals surface area contributed by atoms with Gasteiger partial charge >= 0.3 is 55.7 Å².